The number of furan rings is 1. The number of nitrogens with zero attached hydrogens (tertiary/aromatic N) is 3. The molecule has 0 radical (unpaired) electrons. The maximum absolute atomic E-state index is 5.92. The van der Waals surface area contributed by atoms with Gasteiger partial charge in [0, 0.05) is 30.2 Å². The van der Waals surface area contributed by atoms with Crippen molar-refractivity contribution in [1.29, 1.82) is 0 Å². The molecule has 0 spiro atoms. The van der Waals surface area contributed by atoms with Crippen LogP contribution in [0, 0.1) is 6.92 Å². The fraction of sp³-hybridized carbons (Fsp3) is 0.222. The minimum atomic E-state index is 0.725. The third-order valence-electron chi connectivity index (χ3n) is 3.99. The van der Waals surface area contributed by atoms with E-state index in [1.807, 2.05) is 60.5 Å². The lowest BCUT2D eigenvalue weighted by molar-refractivity contribution is 0.554. The van der Waals surface area contributed by atoms with Crippen molar-refractivity contribution in [2.45, 2.75) is 20.0 Å². The van der Waals surface area contributed by atoms with Crippen molar-refractivity contribution in [2.24, 2.45) is 0 Å². The molecule has 6 nitrogen and oxygen atoms in total. The van der Waals surface area contributed by atoms with Crippen molar-refractivity contribution in [3.63, 3.8) is 0 Å². The lowest BCUT2D eigenvalue weighted by Crippen LogP contribution is -2.19. The lowest BCUT2D eigenvalue weighted by atomic mass is 10.2. The summed E-state index contributed by atoms with van der Waals surface area (Å²) in [5, 5.41) is 16.0. The van der Waals surface area contributed by atoms with Gasteiger partial charge in [0.2, 0.25) is 0 Å². The summed E-state index contributed by atoms with van der Waals surface area (Å²) in [5.41, 5.74) is 4.08. The van der Waals surface area contributed by atoms with Crippen LogP contribution in [-0.4, -0.2) is 26.5 Å². The summed E-state index contributed by atoms with van der Waals surface area (Å²) in [5.74, 6) is 0.813. The number of aromatic nitrogens is 4. The zero-order chi connectivity index (χ0) is 16.4. The summed E-state index contributed by atoms with van der Waals surface area (Å²) in [6, 6.07) is 10.0. The van der Waals surface area contributed by atoms with E-state index in [0.29, 0.717) is 0 Å². The SMILES string of the molecule is Cc1cnn(CCNCc2cn[nH]c2-c2cc3ccccc3o2)c1. The van der Waals surface area contributed by atoms with Crippen LogP contribution < -0.4 is 5.32 Å². The molecular formula is C18H19N5O. The molecular weight excluding hydrogens is 302 g/mol. The maximum atomic E-state index is 5.92. The molecule has 0 fully saturated rings. The largest absolute Gasteiger partial charge is 0.454 e. The van der Waals surface area contributed by atoms with Crippen LogP contribution >= 0.6 is 0 Å². The van der Waals surface area contributed by atoms with Gasteiger partial charge in [0.25, 0.3) is 0 Å². The Balaban J connectivity index is 1.42. The molecule has 0 aliphatic carbocycles. The summed E-state index contributed by atoms with van der Waals surface area (Å²) in [6.45, 7) is 4.45. The lowest BCUT2D eigenvalue weighted by Gasteiger charge is -2.05. The van der Waals surface area contributed by atoms with E-state index in [4.69, 9.17) is 4.42 Å². The monoisotopic (exact) mass is 321 g/mol. The average Bonchev–Trinajstić information content (AvgIpc) is 3.30. The van der Waals surface area contributed by atoms with Gasteiger partial charge in [-0.2, -0.15) is 10.2 Å². The summed E-state index contributed by atoms with van der Waals surface area (Å²) in [7, 11) is 0. The topological polar surface area (TPSA) is 71.7 Å². The molecule has 1 aromatic carbocycles. The van der Waals surface area contributed by atoms with Gasteiger partial charge in [-0.1, -0.05) is 18.2 Å². The molecule has 0 saturated carbocycles. The predicted octanol–water partition coefficient (Wildman–Crippen LogP) is 3.12. The summed E-state index contributed by atoms with van der Waals surface area (Å²) >= 11 is 0. The zero-order valence-corrected chi connectivity index (χ0v) is 13.5. The normalized spacial score (nSPS) is 11.4. The van der Waals surface area contributed by atoms with Gasteiger partial charge in [-0.15, -0.1) is 0 Å². The van der Waals surface area contributed by atoms with E-state index in [1.54, 1.807) is 0 Å². The second-order valence-electron chi connectivity index (χ2n) is 5.88. The summed E-state index contributed by atoms with van der Waals surface area (Å²) < 4.78 is 7.86. The highest BCUT2D eigenvalue weighted by Gasteiger charge is 2.12. The smallest absolute Gasteiger partial charge is 0.153 e. The third-order valence-corrected chi connectivity index (χ3v) is 3.99. The molecule has 0 unspecified atom stereocenters. The van der Waals surface area contributed by atoms with Crippen molar-refractivity contribution in [1.82, 2.24) is 25.3 Å². The van der Waals surface area contributed by atoms with E-state index >= 15 is 0 Å². The van der Waals surface area contributed by atoms with Crippen LogP contribution in [0.4, 0.5) is 0 Å². The number of nitrogens with one attached hydrogen (secondary N) is 2. The van der Waals surface area contributed by atoms with Crippen molar-refractivity contribution in [2.75, 3.05) is 6.54 Å². The minimum absolute atomic E-state index is 0.725. The highest BCUT2D eigenvalue weighted by molar-refractivity contribution is 5.82. The van der Waals surface area contributed by atoms with Crippen LogP contribution in [0.25, 0.3) is 22.4 Å². The Bertz CT molecular complexity index is 916. The molecule has 122 valence electrons. The Labute approximate surface area is 139 Å². The van der Waals surface area contributed by atoms with Gasteiger partial charge in [-0.3, -0.25) is 9.78 Å². The predicted molar refractivity (Wildman–Crippen MR) is 92.5 cm³/mol. The number of hydrogen-bond donors (Lipinski definition) is 2. The second-order valence-corrected chi connectivity index (χ2v) is 5.88. The fourth-order valence-corrected chi connectivity index (χ4v) is 2.77. The maximum Gasteiger partial charge on any atom is 0.153 e. The van der Waals surface area contributed by atoms with E-state index in [9.17, 15) is 0 Å². The highest BCUT2D eigenvalue weighted by Crippen LogP contribution is 2.28. The molecule has 0 aliphatic heterocycles. The Morgan fingerprint density at radius 3 is 3.00 bits per heavy atom. The first kappa shape index (κ1) is 14.7. The van der Waals surface area contributed by atoms with Crippen molar-refractivity contribution in [3.05, 3.63) is 60.0 Å². The molecule has 24 heavy (non-hydrogen) atoms. The van der Waals surface area contributed by atoms with Gasteiger partial charge < -0.3 is 9.73 Å². The fourth-order valence-electron chi connectivity index (χ4n) is 2.77. The molecule has 0 atom stereocenters. The first-order valence-electron chi connectivity index (χ1n) is 8.00. The number of aromatic amines is 1. The molecule has 3 heterocycles. The Morgan fingerprint density at radius 2 is 2.17 bits per heavy atom. The molecule has 4 aromatic rings. The Kier molecular flexibility index (Phi) is 3.88. The standard InChI is InChI=1S/C18H19N5O/c1-13-9-21-23(12-13)7-6-19-10-15-11-20-22-18(15)17-8-14-4-2-3-5-16(14)24-17/h2-5,8-9,11-12,19H,6-7,10H2,1H3,(H,20,22). The molecule has 0 aliphatic rings. The van der Waals surface area contributed by atoms with E-state index in [1.165, 1.54) is 5.56 Å². The van der Waals surface area contributed by atoms with Crippen molar-refractivity contribution >= 4 is 11.0 Å². The van der Waals surface area contributed by atoms with Crippen molar-refractivity contribution in [3.8, 4) is 11.5 Å². The average molecular weight is 321 g/mol. The Morgan fingerprint density at radius 1 is 1.25 bits per heavy atom. The van der Waals surface area contributed by atoms with Crippen molar-refractivity contribution < 1.29 is 4.42 Å². The van der Waals surface area contributed by atoms with Crippen LogP contribution in [0.2, 0.25) is 0 Å². The van der Waals surface area contributed by atoms with E-state index in [2.05, 4.69) is 20.6 Å². The molecule has 4 rings (SSSR count). The molecule has 3 aromatic heterocycles. The minimum Gasteiger partial charge on any atom is -0.454 e. The third kappa shape index (κ3) is 2.96. The first-order chi connectivity index (χ1) is 11.8. The van der Waals surface area contributed by atoms with Gasteiger partial charge in [0.05, 0.1) is 18.9 Å². The number of hydrogen-bond acceptors (Lipinski definition) is 4. The molecule has 2 N–H and O–H groups in total. The number of benzene rings is 1. The number of para-hydroxylation sites is 1. The van der Waals surface area contributed by atoms with Gasteiger partial charge >= 0.3 is 0 Å². The second kappa shape index (κ2) is 6.33. The number of rotatable bonds is 6. The van der Waals surface area contributed by atoms with Gasteiger partial charge in [-0.05, 0) is 24.6 Å². The molecule has 0 bridgehead atoms. The molecule has 6 heteroatoms. The summed E-state index contributed by atoms with van der Waals surface area (Å²) in [6.07, 6.45) is 5.75. The van der Waals surface area contributed by atoms with E-state index < -0.39 is 0 Å². The number of fused-ring (bicyclic) bond motifs is 1. The van der Waals surface area contributed by atoms with Crippen LogP contribution in [-0.2, 0) is 13.1 Å². The Hall–Kier alpha value is -2.86. The first-order valence-corrected chi connectivity index (χ1v) is 8.00. The number of H-pyrrole nitrogens is 1. The highest BCUT2D eigenvalue weighted by atomic mass is 16.3. The quantitative estimate of drug-likeness (QED) is 0.535. The van der Waals surface area contributed by atoms with Crippen LogP contribution in [0.1, 0.15) is 11.1 Å². The molecule has 0 amide bonds. The van der Waals surface area contributed by atoms with Gasteiger partial charge in [0.1, 0.15) is 11.3 Å². The van der Waals surface area contributed by atoms with E-state index in [-0.39, 0.29) is 0 Å². The van der Waals surface area contributed by atoms with E-state index in [0.717, 1.165) is 47.6 Å². The van der Waals surface area contributed by atoms with Gasteiger partial charge in [0.15, 0.2) is 5.76 Å². The van der Waals surface area contributed by atoms with Crippen LogP contribution in [0.3, 0.4) is 0 Å². The van der Waals surface area contributed by atoms with Gasteiger partial charge in [-0.25, -0.2) is 0 Å². The number of aryl methyl sites for hydroxylation is 1. The summed E-state index contributed by atoms with van der Waals surface area (Å²) in [4.78, 5) is 0. The van der Waals surface area contributed by atoms with Crippen LogP contribution in [0.15, 0.2) is 53.3 Å². The molecule has 0 saturated heterocycles. The zero-order valence-electron chi connectivity index (χ0n) is 13.5. The van der Waals surface area contributed by atoms with Crippen LogP contribution in [0.5, 0.6) is 0 Å².